The maximum absolute atomic E-state index is 6.10. The van der Waals surface area contributed by atoms with Crippen molar-refractivity contribution in [2.45, 2.75) is 0 Å². The van der Waals surface area contributed by atoms with Crippen molar-refractivity contribution in [1.29, 1.82) is 0 Å². The van der Waals surface area contributed by atoms with Crippen LogP contribution in [0.15, 0.2) is 36.4 Å². The lowest BCUT2D eigenvalue weighted by Gasteiger charge is -2.06. The predicted octanol–water partition coefficient (Wildman–Crippen LogP) is 4.90. The lowest BCUT2D eigenvalue weighted by atomic mass is 10.1. The van der Waals surface area contributed by atoms with Gasteiger partial charge in [-0.2, -0.15) is 0 Å². The SMILES string of the molecule is Nc1ccc(-c2cc(Cl)cc(Cl)c2)c(Cl)c1. The van der Waals surface area contributed by atoms with Gasteiger partial charge in [0.25, 0.3) is 0 Å². The van der Waals surface area contributed by atoms with Crippen molar-refractivity contribution in [1.82, 2.24) is 0 Å². The Balaban J connectivity index is 2.58. The monoisotopic (exact) mass is 271 g/mol. The summed E-state index contributed by atoms with van der Waals surface area (Å²) in [4.78, 5) is 0. The molecule has 0 aliphatic heterocycles. The number of anilines is 1. The van der Waals surface area contributed by atoms with E-state index in [-0.39, 0.29) is 0 Å². The van der Waals surface area contributed by atoms with Crippen LogP contribution < -0.4 is 5.73 Å². The number of hydrogen-bond donors (Lipinski definition) is 1. The highest BCUT2D eigenvalue weighted by Gasteiger charge is 2.05. The second-order valence-corrected chi connectivity index (χ2v) is 4.68. The van der Waals surface area contributed by atoms with Gasteiger partial charge in [-0.15, -0.1) is 0 Å². The van der Waals surface area contributed by atoms with Crippen molar-refractivity contribution in [3.63, 3.8) is 0 Å². The van der Waals surface area contributed by atoms with Crippen molar-refractivity contribution >= 4 is 40.5 Å². The third kappa shape index (κ3) is 2.43. The first kappa shape index (κ1) is 11.6. The third-order valence-corrected chi connectivity index (χ3v) is 2.92. The zero-order chi connectivity index (χ0) is 11.7. The minimum atomic E-state index is 0.579. The molecule has 0 unspecified atom stereocenters. The molecule has 0 fully saturated rings. The molecule has 0 heterocycles. The minimum absolute atomic E-state index is 0.579. The Morgan fingerprint density at radius 1 is 0.812 bits per heavy atom. The summed E-state index contributed by atoms with van der Waals surface area (Å²) >= 11 is 18.0. The Labute approximate surface area is 109 Å². The highest BCUT2D eigenvalue weighted by Crippen LogP contribution is 2.33. The van der Waals surface area contributed by atoms with Crippen LogP contribution in [-0.2, 0) is 0 Å². The number of benzene rings is 2. The Hall–Kier alpha value is -0.890. The molecule has 82 valence electrons. The van der Waals surface area contributed by atoms with Gasteiger partial charge in [-0.1, -0.05) is 40.9 Å². The van der Waals surface area contributed by atoms with Gasteiger partial charge in [-0.05, 0) is 35.9 Å². The largest absolute Gasteiger partial charge is 0.399 e. The molecule has 0 aliphatic rings. The van der Waals surface area contributed by atoms with Gasteiger partial charge in [0.2, 0.25) is 0 Å². The molecule has 2 aromatic carbocycles. The standard InChI is InChI=1S/C12H8Cl3N/c13-8-3-7(4-9(14)5-8)11-2-1-10(16)6-12(11)15/h1-6H,16H2. The van der Waals surface area contributed by atoms with Crippen LogP contribution in [0.1, 0.15) is 0 Å². The van der Waals surface area contributed by atoms with E-state index < -0.39 is 0 Å². The molecule has 0 spiro atoms. The average Bonchev–Trinajstić information content (AvgIpc) is 2.15. The summed E-state index contributed by atoms with van der Waals surface area (Å²) in [7, 11) is 0. The van der Waals surface area contributed by atoms with Crippen molar-refractivity contribution < 1.29 is 0 Å². The van der Waals surface area contributed by atoms with Gasteiger partial charge in [-0.3, -0.25) is 0 Å². The maximum atomic E-state index is 6.10. The lowest BCUT2D eigenvalue weighted by molar-refractivity contribution is 1.61. The summed E-state index contributed by atoms with van der Waals surface area (Å²) < 4.78 is 0. The Morgan fingerprint density at radius 2 is 1.44 bits per heavy atom. The van der Waals surface area contributed by atoms with Crippen LogP contribution in [0.2, 0.25) is 15.1 Å². The Bertz CT molecular complexity index is 518. The van der Waals surface area contributed by atoms with Crippen LogP contribution in [0.3, 0.4) is 0 Å². The molecule has 0 atom stereocenters. The number of halogens is 3. The summed E-state index contributed by atoms with van der Waals surface area (Å²) in [6.07, 6.45) is 0. The van der Waals surface area contributed by atoms with Crippen LogP contribution in [0.4, 0.5) is 5.69 Å². The van der Waals surface area contributed by atoms with E-state index in [9.17, 15) is 0 Å². The van der Waals surface area contributed by atoms with Crippen LogP contribution in [0.5, 0.6) is 0 Å². The summed E-state index contributed by atoms with van der Waals surface area (Å²) in [6.45, 7) is 0. The molecule has 0 bridgehead atoms. The van der Waals surface area contributed by atoms with E-state index in [2.05, 4.69) is 0 Å². The molecule has 0 amide bonds. The molecule has 1 nitrogen and oxygen atoms in total. The quantitative estimate of drug-likeness (QED) is 0.734. The summed E-state index contributed by atoms with van der Waals surface area (Å²) in [5.41, 5.74) is 7.99. The molecule has 2 N–H and O–H groups in total. The number of hydrogen-bond acceptors (Lipinski definition) is 1. The van der Waals surface area contributed by atoms with Crippen molar-refractivity contribution in [2.75, 3.05) is 5.73 Å². The molecule has 0 radical (unpaired) electrons. The fourth-order valence-corrected chi connectivity index (χ4v) is 2.30. The fourth-order valence-electron chi connectivity index (χ4n) is 1.47. The molecular weight excluding hydrogens is 264 g/mol. The van der Waals surface area contributed by atoms with Crippen LogP contribution in [0, 0.1) is 0 Å². The first-order valence-corrected chi connectivity index (χ1v) is 5.71. The smallest absolute Gasteiger partial charge is 0.0504 e. The van der Waals surface area contributed by atoms with Gasteiger partial charge in [0.15, 0.2) is 0 Å². The molecule has 0 saturated carbocycles. The molecule has 0 saturated heterocycles. The highest BCUT2D eigenvalue weighted by molar-refractivity contribution is 6.36. The molecule has 2 aromatic rings. The zero-order valence-electron chi connectivity index (χ0n) is 8.18. The van der Waals surface area contributed by atoms with Crippen LogP contribution in [-0.4, -0.2) is 0 Å². The first-order valence-electron chi connectivity index (χ1n) is 4.58. The predicted molar refractivity (Wildman–Crippen MR) is 71.3 cm³/mol. The lowest BCUT2D eigenvalue weighted by Crippen LogP contribution is -1.86. The minimum Gasteiger partial charge on any atom is -0.399 e. The first-order chi connectivity index (χ1) is 7.56. The fraction of sp³-hybridized carbons (Fsp3) is 0. The van der Waals surface area contributed by atoms with Gasteiger partial charge >= 0.3 is 0 Å². The zero-order valence-corrected chi connectivity index (χ0v) is 10.4. The van der Waals surface area contributed by atoms with E-state index in [1.54, 1.807) is 18.2 Å². The van der Waals surface area contributed by atoms with Gasteiger partial charge in [0.1, 0.15) is 0 Å². The number of nitrogens with two attached hydrogens (primary N) is 1. The molecule has 0 aliphatic carbocycles. The van der Waals surface area contributed by atoms with E-state index in [0.29, 0.717) is 20.8 Å². The second kappa shape index (κ2) is 4.54. The van der Waals surface area contributed by atoms with Crippen LogP contribution >= 0.6 is 34.8 Å². The van der Waals surface area contributed by atoms with Crippen molar-refractivity contribution in [3.05, 3.63) is 51.5 Å². The van der Waals surface area contributed by atoms with E-state index in [4.69, 9.17) is 40.5 Å². The van der Waals surface area contributed by atoms with E-state index in [1.807, 2.05) is 18.2 Å². The topological polar surface area (TPSA) is 26.0 Å². The molecule has 16 heavy (non-hydrogen) atoms. The number of rotatable bonds is 1. The second-order valence-electron chi connectivity index (χ2n) is 3.40. The molecular formula is C12H8Cl3N. The van der Waals surface area contributed by atoms with Gasteiger partial charge in [-0.25, -0.2) is 0 Å². The third-order valence-electron chi connectivity index (χ3n) is 2.17. The Morgan fingerprint density at radius 3 is 2.00 bits per heavy atom. The molecule has 2 rings (SSSR count). The summed E-state index contributed by atoms with van der Waals surface area (Å²) in [5, 5.41) is 1.74. The van der Waals surface area contributed by atoms with Crippen molar-refractivity contribution in [3.8, 4) is 11.1 Å². The molecule has 4 heteroatoms. The summed E-state index contributed by atoms with van der Waals surface area (Å²) in [5.74, 6) is 0. The highest BCUT2D eigenvalue weighted by atomic mass is 35.5. The van der Waals surface area contributed by atoms with Gasteiger partial charge in [0, 0.05) is 21.3 Å². The summed E-state index contributed by atoms with van der Waals surface area (Å²) in [6, 6.07) is 10.6. The normalized spacial score (nSPS) is 10.4. The van der Waals surface area contributed by atoms with E-state index in [1.165, 1.54) is 0 Å². The number of nitrogen functional groups attached to an aromatic ring is 1. The van der Waals surface area contributed by atoms with E-state index in [0.717, 1.165) is 11.1 Å². The maximum Gasteiger partial charge on any atom is 0.0504 e. The Kier molecular flexibility index (Phi) is 3.29. The van der Waals surface area contributed by atoms with E-state index >= 15 is 0 Å². The van der Waals surface area contributed by atoms with Crippen molar-refractivity contribution in [2.24, 2.45) is 0 Å². The van der Waals surface area contributed by atoms with Crippen LogP contribution in [0.25, 0.3) is 11.1 Å². The molecule has 0 aromatic heterocycles. The van der Waals surface area contributed by atoms with Gasteiger partial charge in [0.05, 0.1) is 5.02 Å². The van der Waals surface area contributed by atoms with Gasteiger partial charge < -0.3 is 5.73 Å². The average molecular weight is 273 g/mol.